The van der Waals surface area contributed by atoms with Crippen LogP contribution in [0.4, 0.5) is 0 Å². The number of carbonyl (C=O) groups excluding carboxylic acids is 1. The van der Waals surface area contributed by atoms with Crippen molar-refractivity contribution in [3.05, 3.63) is 48.6 Å². The molecule has 0 aliphatic heterocycles. The number of rotatable bonds is 35. The second kappa shape index (κ2) is 37.8. The summed E-state index contributed by atoms with van der Waals surface area (Å²) in [5, 5.41) is 22.8. The van der Waals surface area contributed by atoms with Crippen LogP contribution < -0.4 is 5.32 Å². The van der Waals surface area contributed by atoms with Crippen LogP contribution in [0.5, 0.6) is 0 Å². The summed E-state index contributed by atoms with van der Waals surface area (Å²) in [6.07, 6.45) is 50.7. The van der Waals surface area contributed by atoms with Gasteiger partial charge in [-0.2, -0.15) is 0 Å². The van der Waals surface area contributed by atoms with E-state index in [9.17, 15) is 15.0 Å². The smallest absolute Gasteiger partial charge is 0.220 e. The molecule has 0 fully saturated rings. The molecule has 0 heterocycles. The number of hydrogen-bond acceptors (Lipinski definition) is 3. The highest BCUT2D eigenvalue weighted by molar-refractivity contribution is 5.76. The SMILES string of the molecule is CCC/C=C/CC/C=C/CC/C=C/C(O)C(CO)NC(=O)CCCCCCCCC/C=C\CCCCCCCCCCCCCC. The van der Waals surface area contributed by atoms with Gasteiger partial charge in [-0.3, -0.25) is 4.79 Å². The van der Waals surface area contributed by atoms with E-state index in [0.717, 1.165) is 44.9 Å². The Labute approximate surface area is 286 Å². The van der Waals surface area contributed by atoms with Crippen LogP contribution >= 0.6 is 0 Å². The topological polar surface area (TPSA) is 69.6 Å². The van der Waals surface area contributed by atoms with Crippen molar-refractivity contribution in [1.29, 1.82) is 0 Å². The maximum absolute atomic E-state index is 12.3. The minimum absolute atomic E-state index is 0.0855. The van der Waals surface area contributed by atoms with Crippen LogP contribution in [0.3, 0.4) is 0 Å². The minimum Gasteiger partial charge on any atom is -0.394 e. The summed E-state index contributed by atoms with van der Waals surface area (Å²) in [4.78, 5) is 12.3. The van der Waals surface area contributed by atoms with E-state index in [1.54, 1.807) is 6.08 Å². The maximum Gasteiger partial charge on any atom is 0.220 e. The standard InChI is InChI=1S/C42H77NO3/c1-3-5-7-9-11-13-15-16-17-18-19-20-21-22-23-24-25-26-28-30-32-34-36-38-42(46)43-40(39-44)41(45)37-35-33-31-29-27-14-12-10-8-6-4-2/h8,10,22-23,27,29,35,37,40-41,44-45H,3-7,9,11-21,24-26,28,30-34,36,38-39H2,1-2H3,(H,43,46)/b10-8+,23-22-,29-27+,37-35+. The third kappa shape index (κ3) is 33.7. The van der Waals surface area contributed by atoms with Crippen LogP contribution in [0, 0.1) is 0 Å². The van der Waals surface area contributed by atoms with Crippen molar-refractivity contribution in [3.63, 3.8) is 0 Å². The highest BCUT2D eigenvalue weighted by Gasteiger charge is 2.17. The molecule has 0 aliphatic rings. The lowest BCUT2D eigenvalue weighted by Gasteiger charge is -2.19. The molecule has 0 saturated carbocycles. The molecule has 1 amide bonds. The Morgan fingerprint density at radius 3 is 1.35 bits per heavy atom. The van der Waals surface area contributed by atoms with E-state index in [0.29, 0.717) is 6.42 Å². The number of unbranched alkanes of at least 4 members (excludes halogenated alkanes) is 22. The molecule has 4 heteroatoms. The average molecular weight is 644 g/mol. The fourth-order valence-electron chi connectivity index (χ4n) is 5.68. The van der Waals surface area contributed by atoms with Gasteiger partial charge in [0, 0.05) is 6.42 Å². The van der Waals surface area contributed by atoms with E-state index >= 15 is 0 Å². The Bertz CT molecular complexity index is 741. The zero-order valence-corrected chi connectivity index (χ0v) is 30.6. The molecule has 268 valence electrons. The number of carbonyl (C=O) groups is 1. The van der Waals surface area contributed by atoms with Gasteiger partial charge in [-0.05, 0) is 64.2 Å². The minimum atomic E-state index is -0.870. The Balaban J connectivity index is 3.58. The molecule has 0 saturated heterocycles. The molecule has 0 spiro atoms. The van der Waals surface area contributed by atoms with Gasteiger partial charge in [-0.25, -0.2) is 0 Å². The molecule has 0 aromatic rings. The molecule has 0 radical (unpaired) electrons. The predicted molar refractivity (Wildman–Crippen MR) is 202 cm³/mol. The second-order valence-corrected chi connectivity index (χ2v) is 13.3. The summed E-state index contributed by atoms with van der Waals surface area (Å²) in [5.74, 6) is -0.0855. The third-order valence-electron chi connectivity index (χ3n) is 8.74. The molecule has 2 unspecified atom stereocenters. The normalized spacial score (nSPS) is 13.6. The summed E-state index contributed by atoms with van der Waals surface area (Å²) < 4.78 is 0. The van der Waals surface area contributed by atoms with E-state index in [4.69, 9.17) is 0 Å². The Morgan fingerprint density at radius 2 is 0.891 bits per heavy atom. The molecular formula is C42H77NO3. The first kappa shape index (κ1) is 44.4. The van der Waals surface area contributed by atoms with Gasteiger partial charge in [0.1, 0.15) is 0 Å². The molecule has 3 N–H and O–H groups in total. The molecule has 0 rings (SSSR count). The Morgan fingerprint density at radius 1 is 0.500 bits per heavy atom. The fraction of sp³-hybridized carbons (Fsp3) is 0.786. The van der Waals surface area contributed by atoms with Crippen LogP contribution in [0.1, 0.15) is 194 Å². The van der Waals surface area contributed by atoms with Gasteiger partial charge in [0.2, 0.25) is 5.91 Å². The van der Waals surface area contributed by atoms with Gasteiger partial charge in [0.15, 0.2) is 0 Å². The third-order valence-corrected chi connectivity index (χ3v) is 8.74. The fourth-order valence-corrected chi connectivity index (χ4v) is 5.68. The van der Waals surface area contributed by atoms with Gasteiger partial charge in [-0.15, -0.1) is 0 Å². The maximum atomic E-state index is 12.3. The van der Waals surface area contributed by atoms with Crippen molar-refractivity contribution in [2.75, 3.05) is 6.61 Å². The van der Waals surface area contributed by atoms with Crippen molar-refractivity contribution in [1.82, 2.24) is 5.32 Å². The Hall–Kier alpha value is -1.65. The van der Waals surface area contributed by atoms with Crippen molar-refractivity contribution in [2.24, 2.45) is 0 Å². The van der Waals surface area contributed by atoms with Crippen molar-refractivity contribution >= 4 is 5.91 Å². The zero-order chi connectivity index (χ0) is 33.6. The van der Waals surface area contributed by atoms with E-state index in [1.807, 2.05) is 6.08 Å². The van der Waals surface area contributed by atoms with Crippen LogP contribution in [0.25, 0.3) is 0 Å². The van der Waals surface area contributed by atoms with Crippen LogP contribution in [-0.4, -0.2) is 34.9 Å². The predicted octanol–water partition coefficient (Wildman–Crippen LogP) is 12.0. The van der Waals surface area contributed by atoms with Crippen LogP contribution in [0.15, 0.2) is 48.6 Å². The molecule has 0 aromatic heterocycles. The van der Waals surface area contributed by atoms with Crippen molar-refractivity contribution in [2.45, 2.75) is 206 Å². The van der Waals surface area contributed by atoms with E-state index < -0.39 is 12.1 Å². The van der Waals surface area contributed by atoms with Crippen molar-refractivity contribution in [3.8, 4) is 0 Å². The number of hydrogen-bond donors (Lipinski definition) is 3. The highest BCUT2D eigenvalue weighted by Crippen LogP contribution is 2.14. The number of nitrogens with one attached hydrogen (secondary N) is 1. The summed E-state index contributed by atoms with van der Waals surface area (Å²) in [6, 6.07) is -0.646. The number of allylic oxidation sites excluding steroid dienone is 7. The molecule has 4 nitrogen and oxygen atoms in total. The van der Waals surface area contributed by atoms with E-state index in [2.05, 4.69) is 55.6 Å². The molecule has 0 aromatic carbocycles. The van der Waals surface area contributed by atoms with Gasteiger partial charge in [0.25, 0.3) is 0 Å². The molecule has 0 bridgehead atoms. The molecular weight excluding hydrogens is 566 g/mol. The molecule has 2 atom stereocenters. The first-order valence-electron chi connectivity index (χ1n) is 19.9. The number of amides is 1. The summed E-state index contributed by atoms with van der Waals surface area (Å²) in [7, 11) is 0. The van der Waals surface area contributed by atoms with Crippen molar-refractivity contribution < 1.29 is 15.0 Å². The van der Waals surface area contributed by atoms with Gasteiger partial charge in [-0.1, -0.05) is 172 Å². The number of aliphatic hydroxyl groups is 2. The zero-order valence-electron chi connectivity index (χ0n) is 30.6. The molecule has 0 aliphatic carbocycles. The first-order chi connectivity index (χ1) is 22.7. The average Bonchev–Trinajstić information content (AvgIpc) is 3.06. The lowest BCUT2D eigenvalue weighted by molar-refractivity contribution is -0.123. The highest BCUT2D eigenvalue weighted by atomic mass is 16.3. The summed E-state index contributed by atoms with van der Waals surface area (Å²) in [6.45, 7) is 4.21. The van der Waals surface area contributed by atoms with Gasteiger partial charge in [0.05, 0.1) is 18.8 Å². The van der Waals surface area contributed by atoms with E-state index in [-0.39, 0.29) is 12.5 Å². The monoisotopic (exact) mass is 644 g/mol. The summed E-state index contributed by atoms with van der Waals surface area (Å²) >= 11 is 0. The van der Waals surface area contributed by atoms with Gasteiger partial charge < -0.3 is 15.5 Å². The van der Waals surface area contributed by atoms with Gasteiger partial charge >= 0.3 is 0 Å². The first-order valence-corrected chi connectivity index (χ1v) is 19.9. The molecule has 46 heavy (non-hydrogen) atoms. The van der Waals surface area contributed by atoms with Crippen LogP contribution in [-0.2, 0) is 4.79 Å². The second-order valence-electron chi connectivity index (χ2n) is 13.3. The summed E-state index contributed by atoms with van der Waals surface area (Å²) in [5.41, 5.74) is 0. The van der Waals surface area contributed by atoms with Crippen LogP contribution in [0.2, 0.25) is 0 Å². The lowest BCUT2D eigenvalue weighted by atomic mass is 10.0. The Kier molecular flexibility index (Phi) is 36.4. The van der Waals surface area contributed by atoms with E-state index in [1.165, 1.54) is 128 Å². The quantitative estimate of drug-likeness (QED) is 0.0475. The number of aliphatic hydroxyl groups excluding tert-OH is 2. The lowest BCUT2D eigenvalue weighted by Crippen LogP contribution is -2.45. The largest absolute Gasteiger partial charge is 0.394 e.